The van der Waals surface area contributed by atoms with E-state index in [0.717, 1.165) is 72.0 Å². The predicted octanol–water partition coefficient (Wildman–Crippen LogP) is 13.2. The largest absolute Gasteiger partial charge is 0.454 e. The summed E-state index contributed by atoms with van der Waals surface area (Å²) in [6.45, 7) is 0. The summed E-state index contributed by atoms with van der Waals surface area (Å²) < 4.78 is 9.27. The number of furan rings is 1. The maximum Gasteiger partial charge on any atom is 0.159 e. The number of hydrogen-bond acceptors (Lipinski definition) is 4. The lowest BCUT2D eigenvalue weighted by Gasteiger charge is -2.24. The molecule has 12 rings (SSSR count). The van der Waals surface area contributed by atoms with Crippen molar-refractivity contribution in [3.05, 3.63) is 211 Å². The zero-order valence-electron chi connectivity index (χ0n) is 31.3. The molecular weight excluding hydrogens is 709 g/mol. The van der Waals surface area contributed by atoms with Crippen LogP contribution in [0.5, 0.6) is 0 Å². The fourth-order valence-electron chi connectivity index (χ4n) is 8.75. The van der Waals surface area contributed by atoms with Gasteiger partial charge in [0.2, 0.25) is 0 Å². The van der Waals surface area contributed by atoms with Crippen molar-refractivity contribution < 1.29 is 4.42 Å². The highest BCUT2D eigenvalue weighted by atomic mass is 16.3. The lowest BCUT2D eigenvalue weighted by molar-refractivity contribution is 0.653. The second-order valence-corrected chi connectivity index (χ2v) is 15.0. The molecule has 1 aliphatic rings. The summed E-state index contributed by atoms with van der Waals surface area (Å²) in [6, 6.07) is 68.7. The molecule has 0 spiro atoms. The Morgan fingerprint density at radius 2 is 1.12 bits per heavy atom. The molecule has 1 unspecified atom stereocenters. The van der Waals surface area contributed by atoms with E-state index in [2.05, 4.69) is 204 Å². The van der Waals surface area contributed by atoms with Gasteiger partial charge in [-0.1, -0.05) is 152 Å². The molecular formula is C53H34N4O. The van der Waals surface area contributed by atoms with Gasteiger partial charge >= 0.3 is 0 Å². The minimum absolute atomic E-state index is 0.395. The Morgan fingerprint density at radius 1 is 0.448 bits per heavy atom. The molecule has 2 aromatic heterocycles. The van der Waals surface area contributed by atoms with Crippen LogP contribution in [0.15, 0.2) is 209 Å². The minimum atomic E-state index is -0.395. The Bertz CT molecular complexity index is 3500. The molecule has 0 aliphatic carbocycles. The summed E-state index contributed by atoms with van der Waals surface area (Å²) in [5.74, 6) is 1.47. The average Bonchev–Trinajstić information content (AvgIpc) is 3.84. The van der Waals surface area contributed by atoms with Crippen LogP contribution in [0.3, 0.4) is 0 Å². The SMILES string of the molecule is c1ccc(-c2ccc3c(c2)c2ccccc2n3-c2cccc3c2oc2cc(C4N=C(c5ccc6ccccc6c5)N=C(c5ccc6ccccc6c5)N4)ccc23)cc1. The molecule has 0 saturated heterocycles. The first-order valence-electron chi connectivity index (χ1n) is 19.7. The highest BCUT2D eigenvalue weighted by molar-refractivity contribution is 6.16. The van der Waals surface area contributed by atoms with Gasteiger partial charge < -0.3 is 14.3 Å². The van der Waals surface area contributed by atoms with Crippen LogP contribution in [-0.4, -0.2) is 16.2 Å². The van der Waals surface area contributed by atoms with Crippen LogP contribution in [0.2, 0.25) is 0 Å². The molecule has 11 aromatic rings. The molecule has 5 heteroatoms. The van der Waals surface area contributed by atoms with Gasteiger partial charge in [-0.15, -0.1) is 0 Å². The molecule has 9 aromatic carbocycles. The quantitative estimate of drug-likeness (QED) is 0.191. The lowest BCUT2D eigenvalue weighted by Crippen LogP contribution is -2.33. The third-order valence-electron chi connectivity index (χ3n) is 11.6. The Labute approximate surface area is 333 Å². The van der Waals surface area contributed by atoms with Gasteiger partial charge in [0.05, 0.1) is 16.7 Å². The normalized spacial score (nSPS) is 14.4. The van der Waals surface area contributed by atoms with Crippen molar-refractivity contribution in [3.63, 3.8) is 0 Å². The zero-order chi connectivity index (χ0) is 38.2. The van der Waals surface area contributed by atoms with E-state index in [1.165, 1.54) is 32.7 Å². The van der Waals surface area contributed by atoms with Crippen LogP contribution in [0.4, 0.5) is 0 Å². The highest BCUT2D eigenvalue weighted by Crippen LogP contribution is 2.40. The molecule has 5 nitrogen and oxygen atoms in total. The number of aliphatic imine (C=N–C) groups is 2. The van der Waals surface area contributed by atoms with Crippen molar-refractivity contribution in [1.82, 2.24) is 9.88 Å². The number of aromatic nitrogens is 1. The van der Waals surface area contributed by atoms with E-state index in [1.807, 2.05) is 0 Å². The molecule has 272 valence electrons. The first kappa shape index (κ1) is 32.5. The number of rotatable bonds is 5. The van der Waals surface area contributed by atoms with Gasteiger partial charge in [-0.2, -0.15) is 0 Å². The standard InChI is InChI=1S/C53H34N4O/c1-2-11-33(12-3-1)38-26-28-47-45(31-38)42-17-8-9-19-46(42)57(47)48-20-10-18-44-43-27-25-41(32-49(43)58-50(44)48)53-55-51(39-23-21-34-13-4-6-15-36(34)29-39)54-52(56-53)40-24-22-35-14-5-7-16-37(35)30-40/h1-32,53H,(H,54,55,56). The fraction of sp³-hybridized carbons (Fsp3) is 0.0189. The molecule has 0 fully saturated rings. The summed E-state index contributed by atoms with van der Waals surface area (Å²) in [6.07, 6.45) is -0.395. The van der Waals surface area contributed by atoms with Gasteiger partial charge in [0, 0.05) is 38.2 Å². The Balaban J connectivity index is 0.992. The summed E-state index contributed by atoms with van der Waals surface area (Å²) in [4.78, 5) is 10.4. The Kier molecular flexibility index (Phi) is 7.23. The predicted molar refractivity (Wildman–Crippen MR) is 240 cm³/mol. The van der Waals surface area contributed by atoms with Gasteiger partial charge in [-0.05, 0) is 75.1 Å². The maximum atomic E-state index is 6.92. The molecule has 1 atom stereocenters. The van der Waals surface area contributed by atoms with Crippen LogP contribution >= 0.6 is 0 Å². The van der Waals surface area contributed by atoms with Crippen molar-refractivity contribution in [2.45, 2.75) is 6.17 Å². The van der Waals surface area contributed by atoms with Crippen molar-refractivity contribution in [2.75, 3.05) is 0 Å². The highest BCUT2D eigenvalue weighted by Gasteiger charge is 2.24. The third kappa shape index (κ3) is 5.25. The average molecular weight is 743 g/mol. The maximum absolute atomic E-state index is 6.92. The first-order valence-corrected chi connectivity index (χ1v) is 19.7. The number of amidine groups is 2. The van der Waals surface area contributed by atoms with Gasteiger partial charge in [-0.25, -0.2) is 9.98 Å². The number of para-hydroxylation sites is 2. The molecule has 0 amide bonds. The van der Waals surface area contributed by atoms with Crippen LogP contribution < -0.4 is 5.32 Å². The van der Waals surface area contributed by atoms with Crippen molar-refractivity contribution in [3.8, 4) is 16.8 Å². The summed E-state index contributed by atoms with van der Waals surface area (Å²) in [7, 11) is 0. The van der Waals surface area contributed by atoms with E-state index in [4.69, 9.17) is 14.4 Å². The smallest absolute Gasteiger partial charge is 0.159 e. The van der Waals surface area contributed by atoms with E-state index >= 15 is 0 Å². The topological polar surface area (TPSA) is 54.8 Å². The molecule has 3 heterocycles. The Morgan fingerprint density at radius 3 is 1.95 bits per heavy atom. The summed E-state index contributed by atoms with van der Waals surface area (Å²) in [5.41, 5.74) is 10.3. The van der Waals surface area contributed by atoms with E-state index in [0.29, 0.717) is 5.84 Å². The van der Waals surface area contributed by atoms with E-state index in [9.17, 15) is 0 Å². The van der Waals surface area contributed by atoms with E-state index < -0.39 is 6.17 Å². The molecule has 0 saturated carbocycles. The van der Waals surface area contributed by atoms with Gasteiger partial charge in [0.1, 0.15) is 17.6 Å². The number of nitrogens with one attached hydrogen (secondary N) is 1. The number of nitrogens with zero attached hydrogens (tertiary/aromatic N) is 3. The lowest BCUT2D eigenvalue weighted by atomic mass is 10.0. The van der Waals surface area contributed by atoms with Crippen molar-refractivity contribution in [2.24, 2.45) is 9.98 Å². The molecule has 58 heavy (non-hydrogen) atoms. The van der Waals surface area contributed by atoms with Crippen LogP contribution in [0.25, 0.3) is 82.1 Å². The third-order valence-corrected chi connectivity index (χ3v) is 11.6. The first-order chi connectivity index (χ1) is 28.7. The van der Waals surface area contributed by atoms with Gasteiger partial charge in [0.15, 0.2) is 11.4 Å². The van der Waals surface area contributed by atoms with Crippen LogP contribution in [0.1, 0.15) is 22.9 Å². The summed E-state index contributed by atoms with van der Waals surface area (Å²) in [5, 5.41) is 12.9. The molecule has 1 N–H and O–H groups in total. The monoisotopic (exact) mass is 742 g/mol. The Hall–Kier alpha value is -7.76. The number of fused-ring (bicyclic) bond motifs is 8. The van der Waals surface area contributed by atoms with Crippen molar-refractivity contribution in [1.29, 1.82) is 0 Å². The molecule has 1 aliphatic heterocycles. The zero-order valence-corrected chi connectivity index (χ0v) is 31.3. The minimum Gasteiger partial charge on any atom is -0.454 e. The van der Waals surface area contributed by atoms with Gasteiger partial charge in [0.25, 0.3) is 0 Å². The second-order valence-electron chi connectivity index (χ2n) is 15.0. The number of benzene rings is 9. The molecule has 0 bridgehead atoms. The second kappa shape index (κ2) is 12.9. The fourth-order valence-corrected chi connectivity index (χ4v) is 8.75. The van der Waals surface area contributed by atoms with Crippen LogP contribution in [-0.2, 0) is 0 Å². The summed E-state index contributed by atoms with van der Waals surface area (Å²) >= 11 is 0. The molecule has 0 radical (unpaired) electrons. The number of hydrogen-bond donors (Lipinski definition) is 1. The van der Waals surface area contributed by atoms with E-state index in [1.54, 1.807) is 0 Å². The van der Waals surface area contributed by atoms with Crippen LogP contribution in [0, 0.1) is 0 Å². The van der Waals surface area contributed by atoms with Crippen molar-refractivity contribution >= 4 is 77.0 Å². The van der Waals surface area contributed by atoms with Gasteiger partial charge in [-0.3, -0.25) is 0 Å². The van der Waals surface area contributed by atoms with E-state index in [-0.39, 0.29) is 0 Å².